The van der Waals surface area contributed by atoms with E-state index in [-0.39, 0.29) is 5.91 Å². The molecule has 0 atom stereocenters. The smallest absolute Gasteiger partial charge is 0.220 e. The largest absolute Gasteiger partial charge is 0.352 e. The van der Waals surface area contributed by atoms with Crippen LogP contribution in [0.5, 0.6) is 0 Å². The highest BCUT2D eigenvalue weighted by Gasteiger charge is 2.05. The van der Waals surface area contributed by atoms with E-state index in [4.69, 9.17) is 23.2 Å². The minimum Gasteiger partial charge on any atom is -0.352 e. The van der Waals surface area contributed by atoms with Gasteiger partial charge in [-0.1, -0.05) is 23.7 Å². The molecule has 88 valence electrons. The van der Waals surface area contributed by atoms with Crippen molar-refractivity contribution < 1.29 is 4.79 Å². The average Bonchev–Trinajstić information content (AvgIpc) is 2.25. The fraction of sp³-hybridized carbons (Fsp3) is 0.417. The number of alkyl halides is 1. The molecular weight excluding hydrogens is 245 g/mol. The third-order valence-corrected chi connectivity index (χ3v) is 2.97. The molecule has 0 saturated heterocycles. The van der Waals surface area contributed by atoms with Gasteiger partial charge < -0.3 is 5.32 Å². The third-order valence-electron chi connectivity index (χ3n) is 2.35. The number of hydrogen-bond acceptors (Lipinski definition) is 1. The van der Waals surface area contributed by atoms with Crippen LogP contribution >= 0.6 is 23.2 Å². The fourth-order valence-corrected chi connectivity index (χ4v) is 1.82. The molecule has 0 aliphatic heterocycles. The molecule has 0 radical (unpaired) electrons. The van der Waals surface area contributed by atoms with E-state index in [1.807, 2.05) is 25.1 Å². The molecule has 16 heavy (non-hydrogen) atoms. The maximum atomic E-state index is 11.4. The van der Waals surface area contributed by atoms with Crippen LogP contribution in [0.15, 0.2) is 18.2 Å². The third kappa shape index (κ3) is 4.03. The lowest BCUT2D eigenvalue weighted by Crippen LogP contribution is -2.23. The van der Waals surface area contributed by atoms with Gasteiger partial charge in [0.25, 0.3) is 0 Å². The molecule has 0 aromatic heterocycles. The van der Waals surface area contributed by atoms with Crippen LogP contribution < -0.4 is 5.32 Å². The zero-order chi connectivity index (χ0) is 12.0. The number of halogens is 2. The van der Waals surface area contributed by atoms with Crippen molar-refractivity contribution in [3.05, 3.63) is 34.3 Å². The predicted molar refractivity (Wildman–Crippen MR) is 68.0 cm³/mol. The lowest BCUT2D eigenvalue weighted by atomic mass is 10.1. The zero-order valence-electron chi connectivity index (χ0n) is 9.22. The second kappa shape index (κ2) is 6.77. The van der Waals surface area contributed by atoms with Crippen LogP contribution in [0, 0.1) is 6.92 Å². The van der Waals surface area contributed by atoms with Crippen molar-refractivity contribution in [3.63, 3.8) is 0 Å². The van der Waals surface area contributed by atoms with Crippen LogP contribution in [0.3, 0.4) is 0 Å². The molecule has 0 unspecified atom stereocenters. The van der Waals surface area contributed by atoms with Gasteiger partial charge in [0, 0.05) is 23.9 Å². The number of carbonyl (C=O) groups is 1. The summed E-state index contributed by atoms with van der Waals surface area (Å²) >= 11 is 11.6. The summed E-state index contributed by atoms with van der Waals surface area (Å²) in [7, 11) is 0. The Kier molecular flexibility index (Phi) is 5.64. The summed E-state index contributed by atoms with van der Waals surface area (Å²) < 4.78 is 0. The molecular formula is C12H15Cl2NO. The average molecular weight is 260 g/mol. The van der Waals surface area contributed by atoms with Gasteiger partial charge in [-0.05, 0) is 30.5 Å². The Bertz CT molecular complexity index is 346. The Morgan fingerprint density at radius 3 is 2.81 bits per heavy atom. The number of benzene rings is 1. The molecule has 1 aromatic carbocycles. The van der Waals surface area contributed by atoms with Crippen LogP contribution in [0.4, 0.5) is 0 Å². The van der Waals surface area contributed by atoms with E-state index in [0.717, 1.165) is 11.1 Å². The summed E-state index contributed by atoms with van der Waals surface area (Å²) in [5.74, 6) is 0.526. The first kappa shape index (κ1) is 13.3. The van der Waals surface area contributed by atoms with Crippen LogP contribution in [0.25, 0.3) is 0 Å². The van der Waals surface area contributed by atoms with Crippen molar-refractivity contribution in [2.45, 2.75) is 26.3 Å². The summed E-state index contributed by atoms with van der Waals surface area (Å²) in [6.45, 7) is 2.46. The Morgan fingerprint density at radius 1 is 1.44 bits per heavy atom. The van der Waals surface area contributed by atoms with Crippen molar-refractivity contribution in [2.24, 2.45) is 0 Å². The molecule has 1 N–H and O–H groups in total. The molecule has 0 heterocycles. The van der Waals surface area contributed by atoms with E-state index in [1.54, 1.807) is 0 Å². The van der Waals surface area contributed by atoms with Gasteiger partial charge in [0.15, 0.2) is 0 Å². The highest BCUT2D eigenvalue weighted by atomic mass is 35.5. The maximum Gasteiger partial charge on any atom is 0.220 e. The standard InChI is InChI=1S/C12H15Cl2NO/c1-9-4-2-5-11(14)10(9)8-15-12(16)6-3-7-13/h2,4-5H,3,6-8H2,1H3,(H,15,16). The van der Waals surface area contributed by atoms with Gasteiger partial charge in [-0.25, -0.2) is 0 Å². The number of rotatable bonds is 5. The molecule has 0 aliphatic carbocycles. The van der Waals surface area contributed by atoms with Gasteiger partial charge >= 0.3 is 0 Å². The molecule has 0 saturated carbocycles. The van der Waals surface area contributed by atoms with Crippen molar-refractivity contribution in [1.29, 1.82) is 0 Å². The lowest BCUT2D eigenvalue weighted by molar-refractivity contribution is -0.121. The second-order valence-corrected chi connectivity index (χ2v) is 4.39. The predicted octanol–water partition coefficient (Wildman–Crippen LogP) is 3.28. The molecule has 0 aliphatic rings. The highest BCUT2D eigenvalue weighted by molar-refractivity contribution is 6.31. The summed E-state index contributed by atoms with van der Waals surface area (Å²) in [6, 6.07) is 5.71. The summed E-state index contributed by atoms with van der Waals surface area (Å²) in [4.78, 5) is 11.4. The van der Waals surface area contributed by atoms with Gasteiger partial charge in [0.1, 0.15) is 0 Å². The molecule has 0 fully saturated rings. The SMILES string of the molecule is Cc1cccc(Cl)c1CNC(=O)CCCCl. The molecule has 4 heteroatoms. The number of nitrogens with one attached hydrogen (secondary N) is 1. The van der Waals surface area contributed by atoms with Gasteiger partial charge in [-0.2, -0.15) is 0 Å². The minimum atomic E-state index is 0.0139. The van der Waals surface area contributed by atoms with E-state index in [1.165, 1.54) is 0 Å². The topological polar surface area (TPSA) is 29.1 Å². The zero-order valence-corrected chi connectivity index (χ0v) is 10.7. The van der Waals surface area contributed by atoms with Gasteiger partial charge in [-0.15, -0.1) is 11.6 Å². The van der Waals surface area contributed by atoms with Crippen LogP contribution in [0.2, 0.25) is 5.02 Å². The van der Waals surface area contributed by atoms with E-state index in [9.17, 15) is 4.79 Å². The first-order valence-corrected chi connectivity index (χ1v) is 6.13. The van der Waals surface area contributed by atoms with Crippen molar-refractivity contribution in [2.75, 3.05) is 5.88 Å². The van der Waals surface area contributed by atoms with E-state index < -0.39 is 0 Å². The van der Waals surface area contributed by atoms with E-state index in [2.05, 4.69) is 5.32 Å². The minimum absolute atomic E-state index is 0.0139. The van der Waals surface area contributed by atoms with Gasteiger partial charge in [0.05, 0.1) is 0 Å². The van der Waals surface area contributed by atoms with Gasteiger partial charge in [0.2, 0.25) is 5.91 Å². The second-order valence-electron chi connectivity index (χ2n) is 3.60. The first-order valence-electron chi connectivity index (χ1n) is 5.22. The molecule has 0 spiro atoms. The Morgan fingerprint density at radius 2 is 2.19 bits per heavy atom. The molecule has 1 amide bonds. The van der Waals surface area contributed by atoms with Gasteiger partial charge in [-0.3, -0.25) is 4.79 Å². The summed E-state index contributed by atoms with van der Waals surface area (Å²) in [5.41, 5.74) is 2.06. The molecule has 0 bridgehead atoms. The number of amides is 1. The van der Waals surface area contributed by atoms with Crippen molar-refractivity contribution in [1.82, 2.24) is 5.32 Å². The number of carbonyl (C=O) groups excluding carboxylic acids is 1. The van der Waals surface area contributed by atoms with Crippen LogP contribution in [-0.4, -0.2) is 11.8 Å². The normalized spacial score (nSPS) is 10.2. The Hall–Kier alpha value is -0.730. The van der Waals surface area contributed by atoms with Crippen molar-refractivity contribution >= 4 is 29.1 Å². The molecule has 2 nitrogen and oxygen atoms in total. The van der Waals surface area contributed by atoms with E-state index >= 15 is 0 Å². The Balaban J connectivity index is 2.51. The summed E-state index contributed by atoms with van der Waals surface area (Å²) in [5, 5.41) is 3.53. The lowest BCUT2D eigenvalue weighted by Gasteiger charge is -2.09. The first-order chi connectivity index (χ1) is 7.65. The van der Waals surface area contributed by atoms with Crippen molar-refractivity contribution in [3.8, 4) is 0 Å². The Labute approximate surface area is 106 Å². The van der Waals surface area contributed by atoms with E-state index in [0.29, 0.717) is 30.3 Å². The van der Waals surface area contributed by atoms with Crippen LogP contribution in [0.1, 0.15) is 24.0 Å². The highest BCUT2D eigenvalue weighted by Crippen LogP contribution is 2.18. The monoisotopic (exact) mass is 259 g/mol. The molecule has 1 rings (SSSR count). The summed E-state index contributed by atoms with van der Waals surface area (Å²) in [6.07, 6.45) is 1.17. The maximum absolute atomic E-state index is 11.4. The number of hydrogen-bond donors (Lipinski definition) is 1. The fourth-order valence-electron chi connectivity index (χ4n) is 1.39. The molecule has 1 aromatic rings. The number of aryl methyl sites for hydroxylation is 1. The quantitative estimate of drug-likeness (QED) is 0.809. The van der Waals surface area contributed by atoms with Crippen LogP contribution in [-0.2, 0) is 11.3 Å².